The number of aromatic hydroxyl groups is 1. The van der Waals surface area contributed by atoms with Gasteiger partial charge in [-0.05, 0) is 67.8 Å². The van der Waals surface area contributed by atoms with E-state index in [1.54, 1.807) is 12.1 Å². The Morgan fingerprint density at radius 1 is 1.29 bits per heavy atom. The Morgan fingerprint density at radius 2 is 2.10 bits per heavy atom. The maximum Gasteiger partial charge on any atom is 0.220 e. The smallest absolute Gasteiger partial charge is 0.220 e. The minimum absolute atomic E-state index is 0.00871. The van der Waals surface area contributed by atoms with Crippen molar-refractivity contribution in [3.63, 3.8) is 0 Å². The van der Waals surface area contributed by atoms with Crippen LogP contribution in [0.15, 0.2) is 18.2 Å². The molecule has 7 nitrogen and oxygen atoms in total. The number of nitrogens with zero attached hydrogens (tertiary/aromatic N) is 1. The van der Waals surface area contributed by atoms with E-state index in [1.807, 2.05) is 6.07 Å². The number of benzene rings is 1. The monoisotopic (exact) mass is 428 g/mol. The van der Waals surface area contributed by atoms with Gasteiger partial charge in [0.25, 0.3) is 0 Å². The molecule has 1 aliphatic heterocycles. The number of hydrogen-bond donors (Lipinski definition) is 4. The zero-order valence-corrected chi connectivity index (χ0v) is 17.8. The molecule has 2 bridgehead atoms. The molecule has 4 aliphatic rings. The number of carbonyl (C=O) groups excluding carboxylic acids is 2. The maximum absolute atomic E-state index is 13.2. The van der Waals surface area contributed by atoms with E-state index in [4.69, 9.17) is 5.11 Å². The summed E-state index contributed by atoms with van der Waals surface area (Å²) in [6.45, 7) is 1.84. The van der Waals surface area contributed by atoms with Crippen LogP contribution in [0, 0.1) is 11.8 Å². The lowest BCUT2D eigenvalue weighted by Gasteiger charge is -2.64. The van der Waals surface area contributed by atoms with Crippen LogP contribution in [0.4, 0.5) is 0 Å². The van der Waals surface area contributed by atoms with Gasteiger partial charge >= 0.3 is 0 Å². The predicted molar refractivity (Wildman–Crippen MR) is 114 cm³/mol. The molecule has 168 valence electrons. The Bertz CT molecular complexity index is 900. The van der Waals surface area contributed by atoms with Crippen molar-refractivity contribution in [2.24, 2.45) is 11.8 Å². The number of aliphatic hydroxyl groups excluding tert-OH is 1. The molecular formula is C24H32N2O5. The number of Topliss-reactive ketones (excluding diaryl/α,β-unsaturated/α-hetero) is 1. The molecule has 3 fully saturated rings. The number of fused-ring (bicyclic) bond motifs is 1. The molecule has 1 heterocycles. The summed E-state index contributed by atoms with van der Waals surface area (Å²) < 4.78 is 0. The average molecular weight is 429 g/mol. The standard InChI is InChI=1S/C24H32N2O5/c27-8-6-25-22(30)10-17-12-24(31)21-9-16-3-4-18(28)11-19(16)23(24,13-20(17)29)5-7-26(21)14-15-1-2-15/h3-4,11,15,17,21,27-28,31H,1-2,5-10,12-14H2,(H,25,30). The number of phenolic OH excluding ortho intramolecular Hbond substituents is 1. The van der Waals surface area contributed by atoms with Gasteiger partial charge in [-0.1, -0.05) is 6.07 Å². The number of carbonyl (C=O) groups is 2. The Labute approximate surface area is 182 Å². The Kier molecular flexibility index (Phi) is 5.11. The Balaban J connectivity index is 1.51. The second kappa shape index (κ2) is 7.57. The van der Waals surface area contributed by atoms with Crippen LogP contribution in [0.3, 0.4) is 0 Å². The van der Waals surface area contributed by atoms with Gasteiger partial charge in [0.1, 0.15) is 11.5 Å². The summed E-state index contributed by atoms with van der Waals surface area (Å²) in [5.41, 5.74) is 0.199. The summed E-state index contributed by atoms with van der Waals surface area (Å²) in [6.07, 6.45) is 4.35. The molecule has 1 amide bonds. The SMILES string of the molecule is O=C(CC1CC2(O)C3Cc4ccc(O)cc4C2(CCN3CC2CC2)CC1=O)NCCO. The fourth-order valence-electron chi connectivity index (χ4n) is 6.52. The Morgan fingerprint density at radius 3 is 2.84 bits per heavy atom. The summed E-state index contributed by atoms with van der Waals surface area (Å²) in [5, 5.41) is 34.1. The van der Waals surface area contributed by atoms with Gasteiger partial charge in [0, 0.05) is 43.3 Å². The predicted octanol–water partition coefficient (Wildman–Crippen LogP) is 0.879. The molecule has 5 rings (SSSR count). The normalized spacial score (nSPS) is 34.7. The molecule has 0 aromatic heterocycles. The first-order chi connectivity index (χ1) is 14.9. The van der Waals surface area contributed by atoms with Crippen LogP contribution in [0.1, 0.15) is 49.7 Å². The molecule has 7 heteroatoms. The number of rotatable bonds is 6. The second-order valence-corrected chi connectivity index (χ2v) is 10.1. The number of aliphatic hydroxyl groups is 2. The molecule has 0 spiro atoms. The molecule has 31 heavy (non-hydrogen) atoms. The highest BCUT2D eigenvalue weighted by Gasteiger charge is 2.66. The summed E-state index contributed by atoms with van der Waals surface area (Å²) in [5.74, 6) is 0.0733. The lowest BCUT2D eigenvalue weighted by atomic mass is 9.47. The summed E-state index contributed by atoms with van der Waals surface area (Å²) in [4.78, 5) is 28.0. The molecular weight excluding hydrogens is 396 g/mol. The van der Waals surface area contributed by atoms with Crippen LogP contribution in [0.25, 0.3) is 0 Å². The van der Waals surface area contributed by atoms with E-state index in [0.717, 1.165) is 24.2 Å². The van der Waals surface area contributed by atoms with Gasteiger partial charge in [0.15, 0.2) is 0 Å². The van der Waals surface area contributed by atoms with Crippen molar-refractivity contribution in [3.05, 3.63) is 29.3 Å². The fraction of sp³-hybridized carbons (Fsp3) is 0.667. The molecule has 3 aliphatic carbocycles. The molecule has 4 unspecified atom stereocenters. The molecule has 1 saturated heterocycles. The zero-order valence-electron chi connectivity index (χ0n) is 17.8. The van der Waals surface area contributed by atoms with E-state index >= 15 is 0 Å². The number of hydrogen-bond acceptors (Lipinski definition) is 6. The first-order valence-corrected chi connectivity index (χ1v) is 11.6. The van der Waals surface area contributed by atoms with Gasteiger partial charge in [-0.2, -0.15) is 0 Å². The van der Waals surface area contributed by atoms with Gasteiger partial charge < -0.3 is 20.6 Å². The van der Waals surface area contributed by atoms with Crippen LogP contribution in [-0.2, 0) is 21.4 Å². The van der Waals surface area contributed by atoms with Crippen LogP contribution in [0.5, 0.6) is 5.75 Å². The van der Waals surface area contributed by atoms with Gasteiger partial charge in [0.2, 0.25) is 5.91 Å². The van der Waals surface area contributed by atoms with Crippen molar-refractivity contribution in [2.75, 3.05) is 26.2 Å². The van der Waals surface area contributed by atoms with Crippen molar-refractivity contribution in [1.82, 2.24) is 10.2 Å². The second-order valence-electron chi connectivity index (χ2n) is 10.1. The number of likely N-dealkylation sites (tertiary alicyclic amines) is 1. The number of nitrogens with one attached hydrogen (secondary N) is 1. The zero-order chi connectivity index (χ0) is 21.8. The molecule has 1 aromatic rings. The molecule has 0 radical (unpaired) electrons. The van der Waals surface area contributed by atoms with Gasteiger partial charge in [-0.3, -0.25) is 14.5 Å². The molecule has 4 atom stereocenters. The lowest BCUT2D eigenvalue weighted by Crippen LogP contribution is -2.74. The number of phenols is 1. The minimum Gasteiger partial charge on any atom is -0.508 e. The quantitative estimate of drug-likeness (QED) is 0.536. The minimum atomic E-state index is -1.11. The topological polar surface area (TPSA) is 110 Å². The number of amides is 1. The van der Waals surface area contributed by atoms with Crippen molar-refractivity contribution in [2.45, 2.75) is 62.0 Å². The van der Waals surface area contributed by atoms with Gasteiger partial charge in [-0.15, -0.1) is 0 Å². The van der Waals surface area contributed by atoms with E-state index in [2.05, 4.69) is 10.2 Å². The third kappa shape index (κ3) is 3.38. The Hall–Kier alpha value is -1.96. The van der Waals surface area contributed by atoms with E-state index in [-0.39, 0.29) is 55.9 Å². The third-order valence-corrected chi connectivity index (χ3v) is 8.21. The maximum atomic E-state index is 13.2. The van der Waals surface area contributed by atoms with Crippen LogP contribution in [0.2, 0.25) is 0 Å². The van der Waals surface area contributed by atoms with Crippen molar-refractivity contribution >= 4 is 11.7 Å². The average Bonchev–Trinajstić information content (AvgIpc) is 3.54. The van der Waals surface area contributed by atoms with E-state index < -0.39 is 16.9 Å². The van der Waals surface area contributed by atoms with E-state index in [9.17, 15) is 19.8 Å². The fourth-order valence-corrected chi connectivity index (χ4v) is 6.52. The van der Waals surface area contributed by atoms with Crippen LogP contribution >= 0.6 is 0 Å². The van der Waals surface area contributed by atoms with Gasteiger partial charge in [-0.25, -0.2) is 0 Å². The molecule has 2 saturated carbocycles. The first kappa shape index (κ1) is 20.9. The first-order valence-electron chi connectivity index (χ1n) is 11.6. The highest BCUT2D eigenvalue weighted by molar-refractivity contribution is 5.89. The van der Waals surface area contributed by atoms with Crippen LogP contribution in [-0.4, -0.2) is 69.8 Å². The van der Waals surface area contributed by atoms with Crippen molar-refractivity contribution in [1.29, 1.82) is 0 Å². The number of ketones is 1. The van der Waals surface area contributed by atoms with Crippen molar-refractivity contribution in [3.8, 4) is 5.75 Å². The molecule has 4 N–H and O–H groups in total. The summed E-state index contributed by atoms with van der Waals surface area (Å²) >= 11 is 0. The molecule has 1 aromatic carbocycles. The van der Waals surface area contributed by atoms with Crippen LogP contribution < -0.4 is 5.32 Å². The van der Waals surface area contributed by atoms with E-state index in [0.29, 0.717) is 18.8 Å². The van der Waals surface area contributed by atoms with Crippen molar-refractivity contribution < 1.29 is 24.9 Å². The van der Waals surface area contributed by atoms with E-state index in [1.165, 1.54) is 12.8 Å². The summed E-state index contributed by atoms with van der Waals surface area (Å²) in [7, 11) is 0. The third-order valence-electron chi connectivity index (χ3n) is 8.21. The largest absolute Gasteiger partial charge is 0.508 e. The van der Waals surface area contributed by atoms with Gasteiger partial charge in [0.05, 0.1) is 12.2 Å². The number of piperidine rings is 1. The highest BCUT2D eigenvalue weighted by atomic mass is 16.3. The summed E-state index contributed by atoms with van der Waals surface area (Å²) in [6, 6.07) is 5.29. The highest BCUT2D eigenvalue weighted by Crippen LogP contribution is 2.59. The lowest BCUT2D eigenvalue weighted by molar-refractivity contribution is -0.182.